The lowest BCUT2D eigenvalue weighted by Gasteiger charge is -2.23. The van der Waals surface area contributed by atoms with Crippen LogP contribution in [0, 0.1) is 11.6 Å². The molecule has 2 aromatic carbocycles. The fourth-order valence-electron chi connectivity index (χ4n) is 4.66. The molecule has 2 N–H and O–H groups in total. The fraction of sp³-hybridized carbons (Fsp3) is 0.357. The molecule has 13 heteroatoms. The maximum Gasteiger partial charge on any atom is 0.433 e. The fourth-order valence-corrected chi connectivity index (χ4v) is 6.56. The van der Waals surface area contributed by atoms with Gasteiger partial charge in [0.15, 0.2) is 0 Å². The standard InChI is InChI=1S/C28H28F5N3O3S2/c1-41(38,39)36-23-12-10-18(15-22(23)30)25(17-6-5-7-20(29)14-17)26(37)34-16-19-11-13-24(28(31,32)33)35-27(19)40-21-8-3-2-4-9-21/h5-7,10-15,21,25,36H,2-4,8-9,16H2,1H3,(H,34,37). The van der Waals surface area contributed by atoms with E-state index in [1.165, 1.54) is 42.1 Å². The molecule has 1 unspecified atom stereocenters. The summed E-state index contributed by atoms with van der Waals surface area (Å²) in [5, 5.41) is 2.98. The molecule has 1 saturated carbocycles. The van der Waals surface area contributed by atoms with E-state index in [1.807, 2.05) is 4.72 Å². The third-order valence-corrected chi connectivity index (χ3v) is 8.55. The molecular formula is C28H28F5N3O3S2. The number of anilines is 1. The van der Waals surface area contributed by atoms with E-state index in [9.17, 15) is 35.2 Å². The summed E-state index contributed by atoms with van der Waals surface area (Å²) in [5.74, 6) is -3.44. The zero-order valence-electron chi connectivity index (χ0n) is 22.0. The number of thioether (sulfide) groups is 1. The summed E-state index contributed by atoms with van der Waals surface area (Å²) in [6, 6.07) is 10.8. The molecule has 1 atom stereocenters. The highest BCUT2D eigenvalue weighted by Crippen LogP contribution is 2.37. The number of benzene rings is 2. The van der Waals surface area contributed by atoms with Gasteiger partial charge in [0.05, 0.1) is 17.9 Å². The first-order valence-electron chi connectivity index (χ1n) is 12.8. The van der Waals surface area contributed by atoms with Crippen molar-refractivity contribution in [2.24, 2.45) is 0 Å². The van der Waals surface area contributed by atoms with Crippen LogP contribution in [0.25, 0.3) is 0 Å². The monoisotopic (exact) mass is 613 g/mol. The molecule has 0 radical (unpaired) electrons. The maximum absolute atomic E-state index is 14.8. The van der Waals surface area contributed by atoms with Crippen molar-refractivity contribution in [2.75, 3.05) is 11.0 Å². The van der Waals surface area contributed by atoms with Gasteiger partial charge >= 0.3 is 6.18 Å². The predicted octanol–water partition coefficient (Wildman–Crippen LogP) is 6.62. The highest BCUT2D eigenvalue weighted by Gasteiger charge is 2.34. The highest BCUT2D eigenvalue weighted by molar-refractivity contribution is 7.99. The molecule has 1 aliphatic carbocycles. The second-order valence-corrected chi connectivity index (χ2v) is 12.9. The lowest BCUT2D eigenvalue weighted by atomic mass is 9.90. The van der Waals surface area contributed by atoms with Gasteiger partial charge in [-0.05, 0) is 54.3 Å². The van der Waals surface area contributed by atoms with Crippen LogP contribution in [0.2, 0.25) is 0 Å². The van der Waals surface area contributed by atoms with Gasteiger partial charge in [-0.15, -0.1) is 11.8 Å². The summed E-state index contributed by atoms with van der Waals surface area (Å²) in [6.07, 6.45) is 0.968. The van der Waals surface area contributed by atoms with Crippen LogP contribution in [-0.4, -0.2) is 30.8 Å². The third-order valence-electron chi connectivity index (χ3n) is 6.58. The number of alkyl halides is 3. The van der Waals surface area contributed by atoms with Gasteiger partial charge in [0.1, 0.15) is 22.4 Å². The lowest BCUT2D eigenvalue weighted by Crippen LogP contribution is -2.30. The number of sulfonamides is 1. The van der Waals surface area contributed by atoms with Gasteiger partial charge in [-0.2, -0.15) is 13.2 Å². The van der Waals surface area contributed by atoms with Crippen molar-refractivity contribution in [2.45, 2.75) is 61.0 Å². The third kappa shape index (κ3) is 8.41. The second-order valence-electron chi connectivity index (χ2n) is 9.86. The number of carbonyl (C=O) groups is 1. The molecule has 0 bridgehead atoms. The number of amides is 1. The normalized spacial score (nSPS) is 15.4. The molecule has 0 aliphatic heterocycles. The zero-order valence-corrected chi connectivity index (χ0v) is 23.6. The highest BCUT2D eigenvalue weighted by atomic mass is 32.2. The van der Waals surface area contributed by atoms with Crippen molar-refractivity contribution in [1.29, 1.82) is 0 Å². The largest absolute Gasteiger partial charge is 0.433 e. The number of nitrogens with zero attached hydrogens (tertiary/aromatic N) is 1. The minimum atomic E-state index is -4.63. The summed E-state index contributed by atoms with van der Waals surface area (Å²) in [4.78, 5) is 17.4. The Bertz CT molecular complexity index is 1510. The average molecular weight is 614 g/mol. The number of aromatic nitrogens is 1. The van der Waals surface area contributed by atoms with Gasteiger partial charge in [0.25, 0.3) is 0 Å². The molecular weight excluding hydrogens is 585 g/mol. The van der Waals surface area contributed by atoms with Crippen molar-refractivity contribution >= 4 is 33.4 Å². The van der Waals surface area contributed by atoms with E-state index in [0.717, 1.165) is 62.6 Å². The Labute approximate surface area is 239 Å². The van der Waals surface area contributed by atoms with Crippen LogP contribution in [0.15, 0.2) is 59.6 Å². The van der Waals surface area contributed by atoms with Crippen LogP contribution >= 0.6 is 11.8 Å². The Morgan fingerprint density at radius 2 is 1.73 bits per heavy atom. The summed E-state index contributed by atoms with van der Waals surface area (Å²) < 4.78 is 94.3. The molecule has 6 nitrogen and oxygen atoms in total. The first-order chi connectivity index (χ1) is 19.3. The van der Waals surface area contributed by atoms with E-state index in [2.05, 4.69) is 10.3 Å². The van der Waals surface area contributed by atoms with Gasteiger partial charge in [0.2, 0.25) is 15.9 Å². The topological polar surface area (TPSA) is 88.2 Å². The van der Waals surface area contributed by atoms with Crippen LogP contribution in [0.5, 0.6) is 0 Å². The van der Waals surface area contributed by atoms with Crippen LogP contribution in [0.4, 0.5) is 27.6 Å². The number of carbonyl (C=O) groups excluding carboxylic acids is 1. The summed E-state index contributed by atoms with van der Waals surface area (Å²) in [7, 11) is -3.77. The number of pyridine rings is 1. The Balaban J connectivity index is 1.63. The molecule has 1 aromatic heterocycles. The number of halogens is 5. The lowest BCUT2D eigenvalue weighted by molar-refractivity contribution is -0.141. The van der Waals surface area contributed by atoms with Gasteiger partial charge in [-0.1, -0.05) is 43.5 Å². The average Bonchev–Trinajstić information content (AvgIpc) is 2.89. The Hall–Kier alpha value is -3.19. The summed E-state index contributed by atoms with van der Waals surface area (Å²) in [6.45, 7) is -0.166. The van der Waals surface area contributed by atoms with Crippen LogP contribution in [0.1, 0.15) is 60.4 Å². The molecule has 41 heavy (non-hydrogen) atoms. The molecule has 1 amide bonds. The molecule has 220 valence electrons. The van der Waals surface area contributed by atoms with Crippen LogP contribution in [0.3, 0.4) is 0 Å². The van der Waals surface area contributed by atoms with Gasteiger partial charge in [-0.25, -0.2) is 22.2 Å². The first kappa shape index (κ1) is 30.8. The Morgan fingerprint density at radius 3 is 2.37 bits per heavy atom. The van der Waals surface area contributed by atoms with E-state index < -0.39 is 45.4 Å². The van der Waals surface area contributed by atoms with Crippen molar-refractivity contribution in [3.05, 3.63) is 88.6 Å². The van der Waals surface area contributed by atoms with E-state index >= 15 is 0 Å². The minimum Gasteiger partial charge on any atom is -0.351 e. The zero-order chi connectivity index (χ0) is 29.8. The smallest absolute Gasteiger partial charge is 0.351 e. The molecule has 0 spiro atoms. The van der Waals surface area contributed by atoms with Crippen molar-refractivity contribution in [3.8, 4) is 0 Å². The van der Waals surface area contributed by atoms with Crippen LogP contribution < -0.4 is 10.0 Å². The number of hydrogen-bond donors (Lipinski definition) is 2. The van der Waals surface area contributed by atoms with Gasteiger partial charge < -0.3 is 5.32 Å². The molecule has 3 aromatic rings. The predicted molar refractivity (Wildman–Crippen MR) is 147 cm³/mol. The van der Waals surface area contributed by atoms with E-state index in [-0.39, 0.29) is 33.6 Å². The van der Waals surface area contributed by atoms with Crippen LogP contribution in [-0.2, 0) is 27.5 Å². The first-order valence-corrected chi connectivity index (χ1v) is 15.6. The van der Waals surface area contributed by atoms with Gasteiger partial charge in [0, 0.05) is 17.4 Å². The second kappa shape index (κ2) is 12.8. The van der Waals surface area contributed by atoms with Crippen molar-refractivity contribution in [3.63, 3.8) is 0 Å². The Morgan fingerprint density at radius 1 is 1.02 bits per heavy atom. The molecule has 1 fully saturated rings. The molecule has 1 aliphatic rings. The quantitative estimate of drug-likeness (QED) is 0.265. The minimum absolute atomic E-state index is 0.108. The molecule has 4 rings (SSSR count). The SMILES string of the molecule is CS(=O)(=O)Nc1ccc(C(C(=O)NCc2ccc(C(F)(F)F)nc2SC2CCCCC2)c2cccc(F)c2)cc1F. The summed E-state index contributed by atoms with van der Waals surface area (Å²) in [5.41, 5.74) is -0.643. The molecule has 0 saturated heterocycles. The molecule has 1 heterocycles. The number of nitrogens with one attached hydrogen (secondary N) is 2. The van der Waals surface area contributed by atoms with E-state index in [1.54, 1.807) is 0 Å². The Kier molecular flexibility index (Phi) is 9.58. The summed E-state index contributed by atoms with van der Waals surface area (Å²) >= 11 is 1.27. The van der Waals surface area contributed by atoms with Crippen molar-refractivity contribution in [1.82, 2.24) is 10.3 Å². The van der Waals surface area contributed by atoms with E-state index in [0.29, 0.717) is 5.56 Å². The van der Waals surface area contributed by atoms with Crippen molar-refractivity contribution < 1.29 is 35.2 Å². The van der Waals surface area contributed by atoms with Gasteiger partial charge in [-0.3, -0.25) is 9.52 Å². The van der Waals surface area contributed by atoms with E-state index in [4.69, 9.17) is 0 Å². The number of hydrogen-bond acceptors (Lipinski definition) is 5. The number of rotatable bonds is 9. The maximum atomic E-state index is 14.8.